The average molecular weight is 222 g/mol. The third-order valence-corrected chi connectivity index (χ3v) is 2.15. The fourth-order valence-electron chi connectivity index (χ4n) is 0.789. The number of alkyl halides is 1. The Bertz CT molecular complexity index is 239. The van der Waals surface area contributed by atoms with Gasteiger partial charge in [-0.3, -0.25) is 10.1 Å². The smallest absolute Gasteiger partial charge is 0.247 e. The highest BCUT2D eigenvalue weighted by Crippen LogP contribution is 2.20. The van der Waals surface area contributed by atoms with E-state index in [0.717, 1.165) is 6.08 Å². The van der Waals surface area contributed by atoms with Gasteiger partial charge in [0.25, 0.3) is 0 Å². The number of nitro groups is 1. The normalized spacial score (nSPS) is 29.8. The van der Waals surface area contributed by atoms with Gasteiger partial charge in [-0.1, -0.05) is 15.9 Å². The Morgan fingerprint density at radius 2 is 2.36 bits per heavy atom. The molecule has 0 N–H and O–H groups in total. The van der Waals surface area contributed by atoms with Gasteiger partial charge in [0, 0.05) is 4.92 Å². The van der Waals surface area contributed by atoms with Gasteiger partial charge in [-0.25, -0.2) is 4.39 Å². The minimum Gasteiger partial charge on any atom is -0.264 e. The van der Waals surface area contributed by atoms with Gasteiger partial charge in [0.15, 0.2) is 0 Å². The van der Waals surface area contributed by atoms with E-state index in [1.54, 1.807) is 0 Å². The largest absolute Gasteiger partial charge is 0.264 e. The van der Waals surface area contributed by atoms with Crippen LogP contribution in [0.1, 0.15) is 0 Å². The maximum Gasteiger partial charge on any atom is 0.247 e. The second kappa shape index (κ2) is 3.13. The molecule has 1 rings (SSSR count). The van der Waals surface area contributed by atoms with Gasteiger partial charge < -0.3 is 0 Å². The van der Waals surface area contributed by atoms with E-state index < -0.39 is 21.6 Å². The van der Waals surface area contributed by atoms with Crippen molar-refractivity contribution in [3.05, 3.63) is 34.2 Å². The molecule has 60 valence electrons. The van der Waals surface area contributed by atoms with Gasteiger partial charge in [0.05, 0.1) is 0 Å². The van der Waals surface area contributed by atoms with Gasteiger partial charge in [-0.05, 0) is 18.2 Å². The summed E-state index contributed by atoms with van der Waals surface area (Å²) in [5.74, 6) is -0.440. The number of hydrogen-bond donors (Lipinski definition) is 0. The van der Waals surface area contributed by atoms with E-state index >= 15 is 0 Å². The summed E-state index contributed by atoms with van der Waals surface area (Å²) in [6.45, 7) is 0. The average Bonchev–Trinajstić information content (AvgIpc) is 1.85. The lowest BCUT2D eigenvalue weighted by atomic mass is 10.1. The van der Waals surface area contributed by atoms with E-state index in [1.165, 1.54) is 12.2 Å². The number of rotatable bonds is 1. The molecule has 0 aromatic carbocycles. The zero-order valence-corrected chi connectivity index (χ0v) is 6.99. The lowest BCUT2D eigenvalue weighted by molar-refractivity contribution is -0.506. The molecule has 0 fully saturated rings. The van der Waals surface area contributed by atoms with Crippen molar-refractivity contribution < 1.29 is 9.31 Å². The van der Waals surface area contributed by atoms with Crippen molar-refractivity contribution in [1.82, 2.24) is 0 Å². The molecule has 0 radical (unpaired) electrons. The fourth-order valence-corrected chi connectivity index (χ4v) is 1.41. The van der Waals surface area contributed by atoms with Gasteiger partial charge in [0.1, 0.15) is 10.7 Å². The van der Waals surface area contributed by atoms with Crippen molar-refractivity contribution >= 4 is 15.9 Å². The zero-order chi connectivity index (χ0) is 8.43. The molecule has 0 saturated carbocycles. The lowest BCUT2D eigenvalue weighted by Gasteiger charge is -2.11. The highest BCUT2D eigenvalue weighted by atomic mass is 79.9. The van der Waals surface area contributed by atoms with Crippen LogP contribution in [0.15, 0.2) is 24.1 Å². The Balaban J connectivity index is 2.77. The third-order valence-electron chi connectivity index (χ3n) is 1.34. The SMILES string of the molecule is O=[N+]([O-])C1C=CC(F)=C[C@@H]1Br. The molecule has 0 aromatic heterocycles. The molecule has 0 bridgehead atoms. The standard InChI is InChI=1S/C6H5BrFNO2/c7-5-3-4(8)1-2-6(5)9(10)11/h1-3,5-6H/t5-,6?/m0/s1. The van der Waals surface area contributed by atoms with Crippen molar-refractivity contribution in [1.29, 1.82) is 0 Å². The van der Waals surface area contributed by atoms with E-state index in [2.05, 4.69) is 15.9 Å². The van der Waals surface area contributed by atoms with Crippen LogP contribution in [0.25, 0.3) is 0 Å². The van der Waals surface area contributed by atoms with E-state index in [9.17, 15) is 14.5 Å². The molecule has 0 aliphatic heterocycles. The molecule has 0 saturated heterocycles. The lowest BCUT2D eigenvalue weighted by Crippen LogP contribution is -2.27. The second-order valence-corrected chi connectivity index (χ2v) is 3.19. The number of allylic oxidation sites excluding steroid dienone is 2. The van der Waals surface area contributed by atoms with Crippen molar-refractivity contribution in [2.75, 3.05) is 0 Å². The molecule has 0 amide bonds. The second-order valence-electron chi connectivity index (χ2n) is 2.13. The van der Waals surface area contributed by atoms with Crippen LogP contribution in [0.5, 0.6) is 0 Å². The summed E-state index contributed by atoms with van der Waals surface area (Å²) in [6, 6.07) is -0.852. The first-order valence-corrected chi connectivity index (χ1v) is 3.86. The Morgan fingerprint density at radius 3 is 2.82 bits per heavy atom. The Morgan fingerprint density at radius 1 is 1.73 bits per heavy atom. The van der Waals surface area contributed by atoms with Crippen LogP contribution in [0, 0.1) is 10.1 Å². The first-order chi connectivity index (χ1) is 5.11. The first kappa shape index (κ1) is 8.39. The minimum atomic E-state index is -0.852. The number of nitrogens with zero attached hydrogens (tertiary/aromatic N) is 1. The van der Waals surface area contributed by atoms with Crippen LogP contribution in [-0.2, 0) is 0 Å². The molecule has 1 unspecified atom stereocenters. The van der Waals surface area contributed by atoms with Gasteiger partial charge in [-0.15, -0.1) is 0 Å². The summed E-state index contributed by atoms with van der Waals surface area (Å²) in [5, 5.41) is 10.2. The predicted molar refractivity (Wildman–Crippen MR) is 41.8 cm³/mol. The van der Waals surface area contributed by atoms with E-state index in [4.69, 9.17) is 0 Å². The van der Waals surface area contributed by atoms with E-state index in [1.807, 2.05) is 0 Å². The first-order valence-electron chi connectivity index (χ1n) is 2.94. The summed E-state index contributed by atoms with van der Waals surface area (Å²) >= 11 is 2.99. The van der Waals surface area contributed by atoms with Crippen LogP contribution in [-0.4, -0.2) is 15.8 Å². The fraction of sp³-hybridized carbons (Fsp3) is 0.333. The third kappa shape index (κ3) is 1.86. The van der Waals surface area contributed by atoms with E-state index in [0.29, 0.717) is 0 Å². The maximum atomic E-state index is 12.4. The van der Waals surface area contributed by atoms with E-state index in [-0.39, 0.29) is 0 Å². The summed E-state index contributed by atoms with van der Waals surface area (Å²) in [6.07, 6.45) is 3.51. The molecule has 0 spiro atoms. The van der Waals surface area contributed by atoms with Crippen LogP contribution in [0.4, 0.5) is 4.39 Å². The van der Waals surface area contributed by atoms with Crippen LogP contribution < -0.4 is 0 Å². The van der Waals surface area contributed by atoms with Gasteiger partial charge in [0.2, 0.25) is 6.04 Å². The molecule has 1 aliphatic rings. The highest BCUT2D eigenvalue weighted by molar-refractivity contribution is 9.09. The molecule has 0 heterocycles. The molecule has 11 heavy (non-hydrogen) atoms. The topological polar surface area (TPSA) is 43.1 Å². The quantitative estimate of drug-likeness (QED) is 0.385. The maximum absolute atomic E-state index is 12.4. The number of halogens is 2. The van der Waals surface area contributed by atoms with Crippen LogP contribution in [0.2, 0.25) is 0 Å². The minimum absolute atomic E-state index is 0.440. The van der Waals surface area contributed by atoms with Crippen LogP contribution in [0.3, 0.4) is 0 Å². The van der Waals surface area contributed by atoms with Gasteiger partial charge in [-0.2, -0.15) is 0 Å². The molecule has 5 heteroatoms. The van der Waals surface area contributed by atoms with Crippen molar-refractivity contribution in [3.63, 3.8) is 0 Å². The Hall–Kier alpha value is -0.710. The Labute approximate surface area is 70.9 Å². The summed E-state index contributed by atoms with van der Waals surface area (Å²) in [7, 11) is 0. The molecule has 2 atom stereocenters. The molecule has 0 aromatic rings. The number of hydrogen-bond acceptors (Lipinski definition) is 2. The van der Waals surface area contributed by atoms with Crippen molar-refractivity contribution in [2.45, 2.75) is 10.9 Å². The van der Waals surface area contributed by atoms with Gasteiger partial charge >= 0.3 is 0 Å². The highest BCUT2D eigenvalue weighted by Gasteiger charge is 2.27. The zero-order valence-electron chi connectivity index (χ0n) is 5.41. The summed E-state index contributed by atoms with van der Waals surface area (Å²) in [4.78, 5) is 9.25. The predicted octanol–water partition coefficient (Wildman–Crippen LogP) is 1.82. The molecular weight excluding hydrogens is 217 g/mol. The monoisotopic (exact) mass is 221 g/mol. The molecular formula is C6H5BrFNO2. The Kier molecular flexibility index (Phi) is 2.38. The van der Waals surface area contributed by atoms with Crippen molar-refractivity contribution in [3.8, 4) is 0 Å². The summed E-state index contributed by atoms with van der Waals surface area (Å²) in [5.41, 5.74) is 0. The summed E-state index contributed by atoms with van der Waals surface area (Å²) < 4.78 is 12.4. The van der Waals surface area contributed by atoms with Crippen molar-refractivity contribution in [2.24, 2.45) is 0 Å². The molecule has 1 aliphatic carbocycles. The van der Waals surface area contributed by atoms with Crippen LogP contribution >= 0.6 is 15.9 Å². The molecule has 3 nitrogen and oxygen atoms in total.